The number of nitrogens with zero attached hydrogens (tertiary/aromatic N) is 3. The average Bonchev–Trinajstić information content (AvgIpc) is 3.31. The molecule has 8 nitrogen and oxygen atoms in total. The molecule has 0 aliphatic carbocycles. The second-order valence-corrected chi connectivity index (χ2v) is 8.02. The summed E-state index contributed by atoms with van der Waals surface area (Å²) in [4.78, 5) is 24.9. The van der Waals surface area contributed by atoms with E-state index in [4.69, 9.17) is 14.2 Å². The molecule has 4 heterocycles. The van der Waals surface area contributed by atoms with Crippen molar-refractivity contribution in [1.29, 1.82) is 0 Å². The minimum atomic E-state index is -4.82. The monoisotopic (exact) mass is 441 g/mol. The van der Waals surface area contributed by atoms with Gasteiger partial charge < -0.3 is 14.2 Å². The van der Waals surface area contributed by atoms with Crippen molar-refractivity contribution in [3.05, 3.63) is 56.5 Å². The predicted molar refractivity (Wildman–Crippen MR) is 98.8 cm³/mol. The third kappa shape index (κ3) is 3.07. The smallest absolute Gasteiger partial charge is 0.365 e. The molecule has 0 saturated carbocycles. The van der Waals surface area contributed by atoms with Gasteiger partial charge in [0.1, 0.15) is 17.0 Å². The summed E-state index contributed by atoms with van der Waals surface area (Å²) in [6.45, 7) is 1.28. The van der Waals surface area contributed by atoms with Crippen LogP contribution in [0.2, 0.25) is 0 Å². The van der Waals surface area contributed by atoms with Crippen molar-refractivity contribution in [2.45, 2.75) is 18.1 Å². The van der Waals surface area contributed by atoms with Crippen LogP contribution < -0.4 is 11.2 Å². The van der Waals surface area contributed by atoms with Gasteiger partial charge in [-0.15, -0.1) is 0 Å². The zero-order valence-corrected chi connectivity index (χ0v) is 16.2. The number of hydrogen-bond acceptors (Lipinski definition) is 7. The fourth-order valence-corrected chi connectivity index (χ4v) is 4.13. The molecular formula is C18H14F3N3O5S. The highest BCUT2D eigenvalue weighted by molar-refractivity contribution is 7.13. The van der Waals surface area contributed by atoms with E-state index in [9.17, 15) is 22.8 Å². The highest BCUT2D eigenvalue weighted by Gasteiger charge is 2.49. The molecule has 30 heavy (non-hydrogen) atoms. The lowest BCUT2D eigenvalue weighted by molar-refractivity contribution is -0.210. The van der Waals surface area contributed by atoms with Crippen LogP contribution in [0.1, 0.15) is 17.7 Å². The van der Waals surface area contributed by atoms with Gasteiger partial charge in [0, 0.05) is 18.5 Å². The lowest BCUT2D eigenvalue weighted by Gasteiger charge is -2.26. The Morgan fingerprint density at radius 1 is 1.17 bits per heavy atom. The first-order chi connectivity index (χ1) is 14.2. The minimum absolute atomic E-state index is 0.126. The lowest BCUT2D eigenvalue weighted by atomic mass is 10.1. The molecule has 12 heteroatoms. The van der Waals surface area contributed by atoms with Crippen LogP contribution in [0, 0.1) is 0 Å². The van der Waals surface area contributed by atoms with Crippen LogP contribution in [-0.4, -0.2) is 38.9 Å². The van der Waals surface area contributed by atoms with Gasteiger partial charge in [0.05, 0.1) is 30.2 Å². The predicted octanol–water partition coefficient (Wildman–Crippen LogP) is 1.98. The Hall–Kier alpha value is -2.54. The van der Waals surface area contributed by atoms with Gasteiger partial charge in [-0.25, -0.2) is 9.36 Å². The van der Waals surface area contributed by atoms with Gasteiger partial charge in [0.2, 0.25) is 6.29 Å². The summed E-state index contributed by atoms with van der Waals surface area (Å²) in [5.41, 5.74) is -3.27. The van der Waals surface area contributed by atoms with Crippen molar-refractivity contribution in [1.82, 2.24) is 13.5 Å². The maximum Gasteiger partial charge on any atom is 0.431 e. The van der Waals surface area contributed by atoms with Gasteiger partial charge in [-0.2, -0.15) is 17.5 Å². The minimum Gasteiger partial charge on any atom is -0.365 e. The summed E-state index contributed by atoms with van der Waals surface area (Å²) in [7, 11) is 0.969. The van der Waals surface area contributed by atoms with Crippen LogP contribution in [0.5, 0.6) is 0 Å². The Balaban J connectivity index is 1.58. The topological polar surface area (TPSA) is 87.9 Å². The number of benzene rings is 1. The molecule has 158 valence electrons. The molecule has 0 amide bonds. The summed E-state index contributed by atoms with van der Waals surface area (Å²) in [5.74, 6) is 0. The maximum atomic E-state index is 13.1. The molecule has 2 fully saturated rings. The number of aromatic nitrogens is 3. The van der Waals surface area contributed by atoms with E-state index in [1.54, 1.807) is 6.07 Å². The number of halogens is 3. The van der Waals surface area contributed by atoms with E-state index in [0.717, 1.165) is 11.7 Å². The summed E-state index contributed by atoms with van der Waals surface area (Å²) in [6, 6.07) is 5.05. The molecule has 3 aromatic rings. The molecule has 0 unspecified atom stereocenters. The Kier molecular flexibility index (Phi) is 4.19. The van der Waals surface area contributed by atoms with E-state index in [1.165, 1.54) is 23.7 Å². The summed E-state index contributed by atoms with van der Waals surface area (Å²) >= 11 is 1.18. The van der Waals surface area contributed by atoms with Gasteiger partial charge in [-0.3, -0.25) is 9.36 Å². The maximum absolute atomic E-state index is 13.1. The third-order valence-corrected chi connectivity index (χ3v) is 5.96. The van der Waals surface area contributed by atoms with Crippen LogP contribution in [0.15, 0.2) is 33.9 Å². The quantitative estimate of drug-likeness (QED) is 0.566. The van der Waals surface area contributed by atoms with E-state index in [2.05, 4.69) is 4.37 Å². The molecule has 2 aromatic heterocycles. The van der Waals surface area contributed by atoms with Crippen LogP contribution in [0.4, 0.5) is 13.2 Å². The highest BCUT2D eigenvalue weighted by atomic mass is 32.1. The number of hydrogen-bond donors (Lipinski definition) is 0. The molecule has 0 radical (unpaired) electrons. The summed E-state index contributed by atoms with van der Waals surface area (Å²) in [6.07, 6.45) is -5.56. The number of ether oxygens (including phenoxy) is 3. The molecule has 2 aliphatic rings. The van der Waals surface area contributed by atoms with Gasteiger partial charge in [-0.05, 0) is 29.7 Å². The Morgan fingerprint density at radius 2 is 1.87 bits per heavy atom. The van der Waals surface area contributed by atoms with Crippen molar-refractivity contribution < 1.29 is 27.4 Å². The van der Waals surface area contributed by atoms with Crippen molar-refractivity contribution in [3.63, 3.8) is 0 Å². The van der Waals surface area contributed by atoms with Gasteiger partial charge in [0.15, 0.2) is 0 Å². The average molecular weight is 441 g/mol. The van der Waals surface area contributed by atoms with E-state index in [0.29, 0.717) is 46.1 Å². The molecule has 5 rings (SSSR count). The third-order valence-electron chi connectivity index (χ3n) is 5.12. The molecule has 2 saturated heterocycles. The lowest BCUT2D eigenvalue weighted by Crippen LogP contribution is -2.40. The number of alkyl halides is 3. The second-order valence-electron chi connectivity index (χ2n) is 7.22. The fourth-order valence-electron chi connectivity index (χ4n) is 3.36. The zero-order valence-electron chi connectivity index (χ0n) is 15.4. The first-order valence-corrected chi connectivity index (χ1v) is 9.63. The molecule has 0 bridgehead atoms. The molecule has 1 aromatic carbocycles. The van der Waals surface area contributed by atoms with E-state index >= 15 is 0 Å². The van der Waals surface area contributed by atoms with Gasteiger partial charge in [-0.1, -0.05) is 0 Å². The fraction of sp³-hybridized carbons (Fsp3) is 0.389. The van der Waals surface area contributed by atoms with E-state index < -0.39 is 29.4 Å². The van der Waals surface area contributed by atoms with Crippen LogP contribution in [-0.2, 0) is 27.4 Å². The number of epoxide rings is 1. The number of rotatable bonds is 2. The van der Waals surface area contributed by atoms with Crippen molar-refractivity contribution >= 4 is 21.6 Å². The first-order valence-electron chi connectivity index (χ1n) is 8.86. The largest absolute Gasteiger partial charge is 0.431 e. The van der Waals surface area contributed by atoms with Crippen LogP contribution >= 0.6 is 11.5 Å². The van der Waals surface area contributed by atoms with Crippen LogP contribution in [0.25, 0.3) is 15.8 Å². The second kappa shape index (κ2) is 6.48. The first kappa shape index (κ1) is 19.4. The molecule has 1 spiro atoms. The number of fused-ring (bicyclic) bond motifs is 1. The van der Waals surface area contributed by atoms with Crippen molar-refractivity contribution in [2.24, 2.45) is 7.05 Å². The Morgan fingerprint density at radius 3 is 2.50 bits per heavy atom. The SMILES string of the molecule is Cn1c(C(F)(F)F)cc(=O)n(-c2ccc3snc(C4OCC5(CO4)CO5)c3c2)c1=O. The molecule has 0 atom stereocenters. The standard InChI is InChI=1S/C18H14F3N3O5S/c1-23-12(18(19,20)21)5-13(25)24(16(23)26)9-2-3-11-10(4-9)14(22-30-11)15-27-6-17(7-28-15)8-29-17/h2-5,15H,6-8H2,1H3. The van der Waals surface area contributed by atoms with Gasteiger partial charge >= 0.3 is 11.9 Å². The summed E-state index contributed by atoms with van der Waals surface area (Å²) in [5, 5.41) is 0.587. The van der Waals surface area contributed by atoms with E-state index in [1.807, 2.05) is 0 Å². The Bertz CT molecular complexity index is 1260. The summed E-state index contributed by atoms with van der Waals surface area (Å²) < 4.78 is 62.2. The molecule has 0 N–H and O–H groups in total. The normalized spacial score (nSPS) is 23.9. The Labute approximate surface area is 170 Å². The van der Waals surface area contributed by atoms with Gasteiger partial charge in [0.25, 0.3) is 5.56 Å². The van der Waals surface area contributed by atoms with Crippen molar-refractivity contribution in [2.75, 3.05) is 19.8 Å². The van der Waals surface area contributed by atoms with Crippen LogP contribution in [0.3, 0.4) is 0 Å². The molecule has 2 aliphatic heterocycles. The molecular weight excluding hydrogens is 427 g/mol. The van der Waals surface area contributed by atoms with Crippen molar-refractivity contribution in [3.8, 4) is 5.69 Å². The highest BCUT2D eigenvalue weighted by Crippen LogP contribution is 2.39. The van der Waals surface area contributed by atoms with E-state index in [-0.39, 0.29) is 11.3 Å². The zero-order chi connectivity index (χ0) is 21.3.